The summed E-state index contributed by atoms with van der Waals surface area (Å²) in [7, 11) is 0. The molecule has 0 bridgehead atoms. The summed E-state index contributed by atoms with van der Waals surface area (Å²) in [6.45, 7) is 1.19. The Kier molecular flexibility index (Phi) is 32.5. The summed E-state index contributed by atoms with van der Waals surface area (Å²) < 4.78 is 0. The summed E-state index contributed by atoms with van der Waals surface area (Å²) in [4.78, 5) is 12.9. The second-order valence-corrected chi connectivity index (χ2v) is 1.09. The minimum atomic E-state index is -1.25. The first-order valence-corrected chi connectivity index (χ1v) is 1.72. The van der Waals surface area contributed by atoms with Crippen LogP contribution in [0.15, 0.2) is 0 Å². The zero-order valence-electron chi connectivity index (χ0n) is 3.79. The van der Waals surface area contributed by atoms with E-state index < -0.39 is 12.1 Å². The topological polar surface area (TPSA) is 66.8 Å². The van der Waals surface area contributed by atoms with Gasteiger partial charge in [-0.2, -0.15) is 5.26 Å². The van der Waals surface area contributed by atoms with Crippen LogP contribution >= 0.6 is 0 Å². The van der Waals surface area contributed by atoms with Crippen LogP contribution in [0.5, 0.6) is 0 Å². The number of aliphatic hydroxyl groups excluding tert-OH is 1. The molecule has 4 nitrogen and oxygen atoms in total. The molecule has 10 heavy (non-hydrogen) atoms. The molecule has 0 aliphatic carbocycles. The van der Waals surface area contributed by atoms with Crippen LogP contribution < -0.4 is 0 Å². The van der Waals surface area contributed by atoms with Gasteiger partial charge in [0.1, 0.15) is 0 Å². The van der Waals surface area contributed by atoms with Crippen molar-refractivity contribution in [1.82, 2.24) is 0 Å². The molecule has 0 heterocycles. The molecule has 0 aromatic rings. The van der Waals surface area contributed by atoms with Gasteiger partial charge in [-0.15, -0.1) is 0 Å². The van der Waals surface area contributed by atoms with Crippen molar-refractivity contribution in [2.45, 2.75) is 13.0 Å². The molecule has 0 aromatic carbocycles. The van der Waals surface area contributed by atoms with Crippen LogP contribution in [0.4, 0.5) is 0 Å². The van der Waals surface area contributed by atoms with E-state index in [1.54, 1.807) is 0 Å². The molecule has 0 saturated heterocycles. The van der Waals surface area contributed by atoms with Gasteiger partial charge in [-0.1, -0.05) is 0 Å². The Bertz CT molecular complexity index is 80.9. The third-order valence-electron chi connectivity index (χ3n) is 0.431. The Morgan fingerprint density at radius 3 is 1.90 bits per heavy atom. The first kappa shape index (κ1) is 22.9. The first-order valence-electron chi connectivity index (χ1n) is 1.72. The number of hydrogen-bond acceptors (Lipinski definition) is 4. The van der Waals surface area contributed by atoms with Crippen LogP contribution in [0.2, 0.25) is 0 Å². The van der Waals surface area contributed by atoms with E-state index in [2.05, 4.69) is 4.89 Å². The quantitative estimate of drug-likeness (QED) is 0.263. The predicted molar refractivity (Wildman–Crippen MR) is 41.8 cm³/mol. The van der Waals surface area contributed by atoms with Crippen molar-refractivity contribution < 1.29 is 20.0 Å². The molecule has 0 aliphatic rings. The van der Waals surface area contributed by atoms with Crippen molar-refractivity contribution in [3.8, 4) is 0 Å². The predicted octanol–water partition coefficient (Wildman–Crippen LogP) is -2.56. The fourth-order valence-electron chi connectivity index (χ4n) is 0.0763. The van der Waals surface area contributed by atoms with Gasteiger partial charge in [0.2, 0.25) is 0 Å². The third-order valence-corrected chi connectivity index (χ3v) is 0.431. The van der Waals surface area contributed by atoms with Crippen LogP contribution in [0.3, 0.4) is 0 Å². The molecule has 0 aromatic heterocycles. The third kappa shape index (κ3) is 13.2. The monoisotopic (exact) mass is 178 g/mol. The fourth-order valence-corrected chi connectivity index (χ4v) is 0.0763. The van der Waals surface area contributed by atoms with Gasteiger partial charge in [0.15, 0.2) is 6.10 Å². The second-order valence-electron chi connectivity index (χ2n) is 1.09. The summed E-state index contributed by atoms with van der Waals surface area (Å²) >= 11 is 0. The first-order chi connectivity index (χ1) is 3.18. The number of carbonyl (C=O) groups is 1. The van der Waals surface area contributed by atoms with Crippen molar-refractivity contribution in [2.24, 2.45) is 0 Å². The van der Waals surface area contributed by atoms with Crippen molar-refractivity contribution in [1.29, 1.82) is 0 Å². The molecule has 0 aliphatic heterocycles. The minimum absolute atomic E-state index is 0. The zero-order chi connectivity index (χ0) is 5.86. The Morgan fingerprint density at radius 1 is 1.60 bits per heavy atom. The summed E-state index contributed by atoms with van der Waals surface area (Å²) in [6.07, 6.45) is -1.25. The van der Waals surface area contributed by atoms with Crippen LogP contribution in [0.1, 0.15) is 6.92 Å². The average Bonchev–Trinajstić information content (AvgIpc) is 1.65. The number of carbonyl (C=O) groups excluding carboxylic acids is 1. The molecular weight excluding hydrogens is 169 g/mol. The second kappa shape index (κ2) is 14.2. The van der Waals surface area contributed by atoms with Crippen LogP contribution in [-0.4, -0.2) is 122 Å². The van der Waals surface area contributed by atoms with E-state index in [9.17, 15) is 4.79 Å². The SMILES string of the molecule is CC(O)C(=O)OO.[KH].[LiH].[NaH]. The Balaban J connectivity index is -0.0000000600. The summed E-state index contributed by atoms with van der Waals surface area (Å²) in [6, 6.07) is 0. The van der Waals surface area contributed by atoms with Crippen LogP contribution in [0.25, 0.3) is 0 Å². The van der Waals surface area contributed by atoms with E-state index in [0.29, 0.717) is 0 Å². The molecule has 0 amide bonds. The molecule has 0 rings (SSSR count). The molecule has 0 saturated carbocycles. The van der Waals surface area contributed by atoms with Gasteiger partial charge in [0.05, 0.1) is 0 Å². The van der Waals surface area contributed by atoms with E-state index in [0.717, 1.165) is 0 Å². The standard InChI is InChI=1S/C3H6O4.K.Li.Na.3H/c1-2(4)3(5)7-6;;;;;;/h2,4,6H,1H3;;;;;;. The number of hydrogen-bond donors (Lipinski definition) is 2. The maximum absolute atomic E-state index is 9.79. The normalized spacial score (nSPS) is 9.10. The maximum atomic E-state index is 9.79. The molecule has 1 unspecified atom stereocenters. The van der Waals surface area contributed by atoms with Gasteiger partial charge in [0.25, 0.3) is 0 Å². The van der Waals surface area contributed by atoms with Crippen molar-refractivity contribution in [3.63, 3.8) is 0 Å². The molecular formula is C3H9KLiNaO4. The van der Waals surface area contributed by atoms with Gasteiger partial charge < -0.3 is 5.11 Å². The summed E-state index contributed by atoms with van der Waals surface area (Å²) in [5.41, 5.74) is 0. The number of rotatable bonds is 1. The molecule has 7 heteroatoms. The molecule has 0 fully saturated rings. The molecule has 48 valence electrons. The van der Waals surface area contributed by atoms with Crippen LogP contribution in [0, 0.1) is 0 Å². The van der Waals surface area contributed by atoms with Gasteiger partial charge >= 0.3 is 106 Å². The summed E-state index contributed by atoms with van der Waals surface area (Å²) in [5, 5.41) is 15.7. The molecule has 2 N–H and O–H groups in total. The molecule has 0 spiro atoms. The van der Waals surface area contributed by atoms with E-state index in [-0.39, 0.29) is 99.8 Å². The summed E-state index contributed by atoms with van der Waals surface area (Å²) in [5.74, 6) is -1.04. The molecule has 0 radical (unpaired) electrons. The van der Waals surface area contributed by atoms with Crippen molar-refractivity contribution in [3.05, 3.63) is 0 Å². The Hall–Kier alpha value is 2.62. The van der Waals surface area contributed by atoms with Gasteiger partial charge in [-0.05, 0) is 6.92 Å². The van der Waals surface area contributed by atoms with Gasteiger partial charge in [0, 0.05) is 0 Å². The fraction of sp³-hybridized carbons (Fsp3) is 0.667. The zero-order valence-corrected chi connectivity index (χ0v) is 3.79. The van der Waals surface area contributed by atoms with E-state index in [1.807, 2.05) is 0 Å². The van der Waals surface area contributed by atoms with Gasteiger partial charge in [-0.3, -0.25) is 4.89 Å². The van der Waals surface area contributed by atoms with Gasteiger partial charge in [-0.25, -0.2) is 4.79 Å². The number of aliphatic hydroxyl groups is 1. The van der Waals surface area contributed by atoms with E-state index >= 15 is 0 Å². The van der Waals surface area contributed by atoms with Crippen molar-refractivity contribution >= 4 is 106 Å². The molecule has 1 atom stereocenters. The van der Waals surface area contributed by atoms with Crippen molar-refractivity contribution in [2.75, 3.05) is 0 Å². The Morgan fingerprint density at radius 2 is 1.90 bits per heavy atom. The Labute approximate surface area is 136 Å². The average molecular weight is 178 g/mol. The van der Waals surface area contributed by atoms with E-state index in [4.69, 9.17) is 10.4 Å². The van der Waals surface area contributed by atoms with E-state index in [1.165, 1.54) is 6.92 Å². The van der Waals surface area contributed by atoms with Crippen LogP contribution in [-0.2, 0) is 9.68 Å².